The number of halogens is 1. The number of benzene rings is 2. The van der Waals surface area contributed by atoms with E-state index in [9.17, 15) is 0 Å². The lowest BCUT2D eigenvalue weighted by Crippen LogP contribution is -2.12. The number of hydrogen-bond acceptors (Lipinski definition) is 3. The van der Waals surface area contributed by atoms with Crippen molar-refractivity contribution in [2.75, 3.05) is 0 Å². The van der Waals surface area contributed by atoms with E-state index in [4.69, 9.17) is 9.72 Å². The quantitative estimate of drug-likeness (QED) is 0.328. The predicted molar refractivity (Wildman–Crippen MR) is 123 cm³/mol. The highest BCUT2D eigenvalue weighted by Gasteiger charge is 2.24. The van der Waals surface area contributed by atoms with Crippen molar-refractivity contribution >= 4 is 21.6 Å². The monoisotopic (exact) mass is 461 g/mol. The fourth-order valence-corrected chi connectivity index (χ4v) is 4.75. The molecular weight excluding hydrogens is 438 g/mol. The van der Waals surface area contributed by atoms with Crippen LogP contribution in [0.2, 0.25) is 0 Å². The van der Waals surface area contributed by atoms with Crippen molar-refractivity contribution < 1.29 is 4.74 Å². The minimum atomic E-state index is 0.514. The Hall–Kier alpha value is -2.66. The second-order valence-electron chi connectivity index (χ2n) is 7.92. The molecule has 1 saturated carbocycles. The average Bonchev–Trinajstić information content (AvgIpc) is 3.19. The van der Waals surface area contributed by atoms with Crippen molar-refractivity contribution in [3.63, 3.8) is 0 Å². The van der Waals surface area contributed by atoms with Gasteiger partial charge in [-0.05, 0) is 52.0 Å². The minimum absolute atomic E-state index is 0.514. The summed E-state index contributed by atoms with van der Waals surface area (Å²) in [6, 6.07) is 18.6. The summed E-state index contributed by atoms with van der Waals surface area (Å²) in [5, 5.41) is 4.64. The third-order valence-electron chi connectivity index (χ3n) is 5.93. The molecule has 0 radical (unpaired) electrons. The van der Waals surface area contributed by atoms with Crippen LogP contribution >= 0.6 is 15.9 Å². The topological polar surface area (TPSA) is 39.4 Å². The number of fused-ring (bicyclic) bond motifs is 1. The van der Waals surface area contributed by atoms with Crippen molar-refractivity contribution in [1.29, 1.82) is 0 Å². The summed E-state index contributed by atoms with van der Waals surface area (Å²) in [5.74, 6) is 1.39. The summed E-state index contributed by atoms with van der Waals surface area (Å²) in [4.78, 5) is 4.69. The standard InChI is InChI=1S/C25H24BrN3O/c26-23-16-28-29-24(20-9-5-2-6-10-20)22(15-27-25(23)29)19-11-13-21(14-12-19)30-17-18-7-3-1-4-8-18/h1,3-4,7-8,11-16,20H,2,5-6,9-10,17H2. The summed E-state index contributed by atoms with van der Waals surface area (Å²) < 4.78 is 8.94. The van der Waals surface area contributed by atoms with E-state index in [2.05, 4.69) is 45.3 Å². The number of ether oxygens (including phenoxy) is 1. The molecule has 0 unspecified atom stereocenters. The minimum Gasteiger partial charge on any atom is -0.489 e. The highest BCUT2D eigenvalue weighted by Crippen LogP contribution is 2.39. The van der Waals surface area contributed by atoms with Crippen LogP contribution in [0.4, 0.5) is 0 Å². The van der Waals surface area contributed by atoms with Crippen LogP contribution in [0.1, 0.15) is 49.3 Å². The van der Waals surface area contributed by atoms with Crippen molar-refractivity contribution in [2.45, 2.75) is 44.6 Å². The van der Waals surface area contributed by atoms with E-state index in [1.54, 1.807) is 0 Å². The number of aromatic nitrogens is 3. The lowest BCUT2D eigenvalue weighted by molar-refractivity contribution is 0.306. The SMILES string of the molecule is Brc1cnn2c(C3CCCCC3)c(-c3ccc(OCc4ccccc4)cc3)cnc12. The molecule has 5 heteroatoms. The highest BCUT2D eigenvalue weighted by molar-refractivity contribution is 9.10. The number of nitrogens with zero attached hydrogens (tertiary/aromatic N) is 3. The summed E-state index contributed by atoms with van der Waals surface area (Å²) in [5.41, 5.74) is 5.66. The van der Waals surface area contributed by atoms with Crippen LogP contribution < -0.4 is 4.74 Å². The second-order valence-corrected chi connectivity index (χ2v) is 8.77. The summed E-state index contributed by atoms with van der Waals surface area (Å²) in [6.45, 7) is 0.572. The molecule has 0 spiro atoms. The van der Waals surface area contributed by atoms with Gasteiger partial charge < -0.3 is 4.74 Å². The molecule has 0 N–H and O–H groups in total. The first-order valence-corrected chi connectivity index (χ1v) is 11.4. The van der Waals surface area contributed by atoms with Gasteiger partial charge in [0, 0.05) is 17.7 Å². The van der Waals surface area contributed by atoms with Crippen LogP contribution in [-0.4, -0.2) is 14.6 Å². The molecule has 2 heterocycles. The van der Waals surface area contributed by atoms with Crippen molar-refractivity contribution in [3.05, 3.63) is 82.7 Å². The van der Waals surface area contributed by atoms with Gasteiger partial charge in [-0.1, -0.05) is 61.7 Å². The van der Waals surface area contributed by atoms with E-state index in [-0.39, 0.29) is 0 Å². The van der Waals surface area contributed by atoms with Gasteiger partial charge in [0.2, 0.25) is 0 Å². The predicted octanol–water partition coefficient (Wildman–Crippen LogP) is 6.79. The fraction of sp³-hybridized carbons (Fsp3) is 0.280. The van der Waals surface area contributed by atoms with Crippen molar-refractivity contribution in [1.82, 2.24) is 14.6 Å². The molecule has 152 valence electrons. The van der Waals surface area contributed by atoms with Gasteiger partial charge >= 0.3 is 0 Å². The van der Waals surface area contributed by atoms with Crippen LogP contribution in [0.25, 0.3) is 16.8 Å². The Morgan fingerprint density at radius 2 is 1.70 bits per heavy atom. The molecule has 30 heavy (non-hydrogen) atoms. The molecule has 0 aliphatic heterocycles. The molecule has 4 nitrogen and oxygen atoms in total. The molecular formula is C25H24BrN3O. The first kappa shape index (κ1) is 19.3. The maximum atomic E-state index is 5.96. The van der Waals surface area contributed by atoms with Crippen LogP contribution in [0.15, 0.2) is 71.5 Å². The largest absolute Gasteiger partial charge is 0.489 e. The molecule has 2 aromatic carbocycles. The molecule has 4 aromatic rings. The van der Waals surface area contributed by atoms with E-state index in [0.29, 0.717) is 12.5 Å². The molecule has 1 aliphatic carbocycles. The van der Waals surface area contributed by atoms with E-state index >= 15 is 0 Å². The third-order valence-corrected chi connectivity index (χ3v) is 6.49. The van der Waals surface area contributed by atoms with E-state index < -0.39 is 0 Å². The Labute approximate surface area is 185 Å². The molecule has 5 rings (SSSR count). The zero-order valence-electron chi connectivity index (χ0n) is 16.8. The van der Waals surface area contributed by atoms with Crippen molar-refractivity contribution in [2.24, 2.45) is 0 Å². The maximum Gasteiger partial charge on any atom is 0.169 e. The third kappa shape index (κ3) is 3.86. The zero-order valence-corrected chi connectivity index (χ0v) is 18.4. The van der Waals surface area contributed by atoms with Gasteiger partial charge in [0.05, 0.1) is 16.4 Å². The van der Waals surface area contributed by atoms with Crippen LogP contribution in [0.3, 0.4) is 0 Å². The first-order chi connectivity index (χ1) is 14.8. The van der Waals surface area contributed by atoms with Gasteiger partial charge in [0.25, 0.3) is 0 Å². The molecule has 0 bridgehead atoms. The normalized spacial score (nSPS) is 14.8. The van der Waals surface area contributed by atoms with Gasteiger partial charge in [0.15, 0.2) is 5.65 Å². The lowest BCUT2D eigenvalue weighted by Gasteiger charge is -2.25. The van der Waals surface area contributed by atoms with Gasteiger partial charge in [-0.25, -0.2) is 9.50 Å². The summed E-state index contributed by atoms with van der Waals surface area (Å²) >= 11 is 3.59. The van der Waals surface area contributed by atoms with Gasteiger partial charge in [-0.3, -0.25) is 0 Å². The van der Waals surface area contributed by atoms with E-state index in [0.717, 1.165) is 21.4 Å². The average molecular weight is 462 g/mol. The van der Waals surface area contributed by atoms with Crippen LogP contribution in [-0.2, 0) is 6.61 Å². The second kappa shape index (κ2) is 8.60. The van der Waals surface area contributed by atoms with Gasteiger partial charge in [-0.15, -0.1) is 0 Å². The Morgan fingerprint density at radius 3 is 2.47 bits per heavy atom. The summed E-state index contributed by atoms with van der Waals surface area (Å²) in [7, 11) is 0. The Morgan fingerprint density at radius 1 is 0.933 bits per heavy atom. The Bertz CT molecular complexity index is 1130. The molecule has 0 amide bonds. The Balaban J connectivity index is 1.46. The number of hydrogen-bond donors (Lipinski definition) is 0. The van der Waals surface area contributed by atoms with Crippen LogP contribution in [0, 0.1) is 0 Å². The van der Waals surface area contributed by atoms with Crippen LogP contribution in [0.5, 0.6) is 5.75 Å². The smallest absolute Gasteiger partial charge is 0.169 e. The number of rotatable bonds is 5. The molecule has 0 saturated heterocycles. The molecule has 1 fully saturated rings. The summed E-state index contributed by atoms with van der Waals surface area (Å²) in [6.07, 6.45) is 10.2. The van der Waals surface area contributed by atoms with Gasteiger partial charge in [0.1, 0.15) is 12.4 Å². The fourth-order valence-electron chi connectivity index (χ4n) is 4.38. The Kier molecular flexibility index (Phi) is 5.54. The van der Waals surface area contributed by atoms with Crippen molar-refractivity contribution in [3.8, 4) is 16.9 Å². The first-order valence-electron chi connectivity index (χ1n) is 10.6. The molecule has 2 aromatic heterocycles. The maximum absolute atomic E-state index is 5.96. The molecule has 0 atom stereocenters. The van der Waals surface area contributed by atoms with Gasteiger partial charge in [-0.2, -0.15) is 5.10 Å². The lowest BCUT2D eigenvalue weighted by atomic mass is 9.84. The zero-order chi connectivity index (χ0) is 20.3. The molecule has 1 aliphatic rings. The van der Waals surface area contributed by atoms with E-state index in [1.807, 2.05) is 47.2 Å². The van der Waals surface area contributed by atoms with E-state index in [1.165, 1.54) is 48.9 Å². The highest BCUT2D eigenvalue weighted by atomic mass is 79.9.